The van der Waals surface area contributed by atoms with E-state index in [-0.39, 0.29) is 18.6 Å². The lowest BCUT2D eigenvalue weighted by Crippen LogP contribution is -2.40. The number of phosphoric acid groups is 1. The summed E-state index contributed by atoms with van der Waals surface area (Å²) in [5.41, 5.74) is 0. The molecule has 0 spiro atoms. The molecule has 0 aliphatic carbocycles. The number of ketones is 1. The van der Waals surface area contributed by atoms with Crippen molar-refractivity contribution in [3.63, 3.8) is 0 Å². The lowest BCUT2D eigenvalue weighted by Gasteiger charge is -2.20. The number of ether oxygens (including phenoxy) is 1. The van der Waals surface area contributed by atoms with Crippen LogP contribution in [-0.2, 0) is 23.4 Å². The fourth-order valence-corrected chi connectivity index (χ4v) is 6.71. The van der Waals surface area contributed by atoms with Crippen molar-refractivity contribution in [2.24, 2.45) is 0 Å². The Hall–Kier alpha value is -0.910. The second kappa shape index (κ2) is 41.7. The average Bonchev–Trinajstić information content (AvgIpc) is 3.15. The largest absolute Gasteiger partial charge is 0.469 e. The van der Waals surface area contributed by atoms with Crippen molar-refractivity contribution in [2.45, 2.75) is 238 Å². The fraction of sp³-hybridized carbons (Fsp3) is 0.952. The minimum Gasteiger partial charge on any atom is -0.451 e. The van der Waals surface area contributed by atoms with Crippen LogP contribution in [0.25, 0.3) is 0 Å². The van der Waals surface area contributed by atoms with E-state index in [2.05, 4.69) is 18.4 Å². The van der Waals surface area contributed by atoms with E-state index in [1.165, 1.54) is 154 Å². The summed E-state index contributed by atoms with van der Waals surface area (Å²) in [6.45, 7) is 2.80. The van der Waals surface area contributed by atoms with Gasteiger partial charge >= 0.3 is 13.8 Å². The molecule has 0 aliphatic heterocycles. The number of carbonyl (C=O) groups is 2. The van der Waals surface area contributed by atoms with Gasteiger partial charge in [0.15, 0.2) is 11.9 Å². The van der Waals surface area contributed by atoms with E-state index in [0.717, 1.165) is 38.5 Å². The molecule has 0 bridgehead atoms. The number of phosphoric ester groups is 1. The van der Waals surface area contributed by atoms with E-state index < -0.39 is 51.9 Å². The Labute approximate surface area is 330 Å². The highest BCUT2D eigenvalue weighted by atomic mass is 31.2. The average molecular weight is 797 g/mol. The molecule has 324 valence electrons. The van der Waals surface area contributed by atoms with Crippen LogP contribution in [0, 0.1) is 0 Å². The van der Waals surface area contributed by atoms with Crippen LogP contribution < -0.4 is 0 Å². The molecule has 12 heteroatoms. The first kappa shape index (κ1) is 55.2. The molecule has 0 saturated carbocycles. The van der Waals surface area contributed by atoms with Crippen molar-refractivity contribution in [2.75, 3.05) is 19.8 Å². The smallest absolute Gasteiger partial charge is 0.451 e. The highest BCUT2D eigenvalue weighted by Crippen LogP contribution is 2.35. The molecule has 6 N–H and O–H groups in total. The van der Waals surface area contributed by atoms with Gasteiger partial charge in [0.1, 0.15) is 12.2 Å². The first-order chi connectivity index (χ1) is 26.0. The quantitative estimate of drug-likeness (QED) is 0.0197. The third kappa shape index (κ3) is 42.2. The molecule has 3 atom stereocenters. The van der Waals surface area contributed by atoms with Crippen LogP contribution in [0.4, 0.5) is 0 Å². The topological polar surface area (TPSA) is 191 Å². The summed E-state index contributed by atoms with van der Waals surface area (Å²) in [6.07, 6.45) is 34.6. The second-order valence-electron chi connectivity index (χ2n) is 15.1. The minimum atomic E-state index is -4.50. The van der Waals surface area contributed by atoms with Crippen LogP contribution in [0.5, 0.6) is 0 Å². The maximum absolute atomic E-state index is 12.7. The molecule has 0 aromatic heterocycles. The summed E-state index contributed by atoms with van der Waals surface area (Å²) in [4.78, 5) is 41.2. The van der Waals surface area contributed by atoms with Gasteiger partial charge in [0, 0.05) is 12.8 Å². The van der Waals surface area contributed by atoms with Gasteiger partial charge in [-0.25, -0.2) is 4.57 Å². The Morgan fingerprint density at radius 2 is 0.815 bits per heavy atom. The molecular weight excluding hydrogens is 711 g/mol. The fourth-order valence-electron chi connectivity index (χ4n) is 6.34. The Bertz CT molecular complexity index is 854. The minimum absolute atomic E-state index is 0.263. The van der Waals surface area contributed by atoms with E-state index in [1.807, 2.05) is 0 Å². The summed E-state index contributed by atoms with van der Waals surface area (Å²) in [7, 11) is -4.50. The lowest BCUT2D eigenvalue weighted by atomic mass is 10.0. The van der Waals surface area contributed by atoms with Crippen molar-refractivity contribution in [1.29, 1.82) is 0 Å². The van der Waals surface area contributed by atoms with Crippen molar-refractivity contribution < 1.29 is 53.6 Å². The third-order valence-corrected chi connectivity index (χ3v) is 10.3. The van der Waals surface area contributed by atoms with Crippen molar-refractivity contribution in [3.8, 4) is 0 Å². The van der Waals surface area contributed by atoms with Crippen LogP contribution in [0.15, 0.2) is 0 Å². The maximum Gasteiger partial charge on any atom is 0.469 e. The van der Waals surface area contributed by atoms with E-state index >= 15 is 0 Å². The van der Waals surface area contributed by atoms with Gasteiger partial charge in [-0.1, -0.05) is 194 Å². The first-order valence-corrected chi connectivity index (χ1v) is 23.5. The zero-order chi connectivity index (χ0) is 40.5. The van der Waals surface area contributed by atoms with Gasteiger partial charge in [-0.3, -0.25) is 14.1 Å². The second-order valence-corrected chi connectivity index (χ2v) is 16.4. The molecule has 11 nitrogen and oxygen atoms in total. The summed E-state index contributed by atoms with van der Waals surface area (Å²) in [5, 5.41) is 36.2. The predicted octanol–water partition coefficient (Wildman–Crippen LogP) is 9.79. The predicted molar refractivity (Wildman–Crippen MR) is 218 cm³/mol. The molecular formula is C42H85O11P. The van der Waals surface area contributed by atoms with Crippen molar-refractivity contribution >= 4 is 19.6 Å². The Morgan fingerprint density at radius 3 is 1.11 bits per heavy atom. The number of esters is 1. The number of aliphatic hydroxyl groups excluding tert-OH is 4. The standard InChI is InChI=1S/C39H76O5.C3H9O6P/c1-3-5-7-9-11-13-15-17-19-21-23-25-27-29-31-33-36(41)39(37(42)35-40)44-38(43)34-32-30-28-26-24-22-20-18-16-14-12-10-8-6-4-2;4-1-3(5)2-9-10(6,7)8/h37,39-40,42H,3-35H2,1-2H3;3-5H,1-2H2,(H2,6,7,8). The number of Topliss-reactive ketones (excluding diaryl/α,β-unsaturated/α-hetero) is 1. The van der Waals surface area contributed by atoms with Gasteiger partial charge in [-0.05, 0) is 12.8 Å². The Kier molecular flexibility index (Phi) is 42.6. The van der Waals surface area contributed by atoms with Crippen LogP contribution in [0.2, 0.25) is 0 Å². The molecule has 0 heterocycles. The van der Waals surface area contributed by atoms with E-state index in [0.29, 0.717) is 0 Å². The number of carbonyl (C=O) groups excluding carboxylic acids is 2. The summed E-state index contributed by atoms with van der Waals surface area (Å²) < 4.78 is 19.1. The molecule has 0 fully saturated rings. The lowest BCUT2D eigenvalue weighted by molar-refractivity contribution is -0.163. The SMILES string of the molecule is CCCCCCCCCCCCCCCCCC(=O)OC(C(=O)CCCCCCCCCCCCCCCCC)C(O)CO.O=P(O)(O)OCC(O)CO. The summed E-state index contributed by atoms with van der Waals surface area (Å²) >= 11 is 0. The number of hydrogen-bond acceptors (Lipinski definition) is 9. The van der Waals surface area contributed by atoms with Gasteiger partial charge in [-0.15, -0.1) is 0 Å². The van der Waals surface area contributed by atoms with Gasteiger partial charge < -0.3 is 34.9 Å². The van der Waals surface area contributed by atoms with E-state index in [4.69, 9.17) is 24.7 Å². The molecule has 0 aromatic rings. The first-order valence-electron chi connectivity index (χ1n) is 22.0. The van der Waals surface area contributed by atoms with E-state index in [9.17, 15) is 24.4 Å². The van der Waals surface area contributed by atoms with Gasteiger partial charge in [0.05, 0.1) is 19.8 Å². The molecule has 0 aromatic carbocycles. The number of aliphatic hydroxyl groups is 4. The molecule has 0 saturated heterocycles. The van der Waals surface area contributed by atoms with Gasteiger partial charge in [-0.2, -0.15) is 0 Å². The van der Waals surface area contributed by atoms with Crippen LogP contribution in [0.3, 0.4) is 0 Å². The molecule has 54 heavy (non-hydrogen) atoms. The monoisotopic (exact) mass is 797 g/mol. The van der Waals surface area contributed by atoms with Crippen LogP contribution in [0.1, 0.15) is 219 Å². The summed E-state index contributed by atoms with van der Waals surface area (Å²) in [6, 6.07) is 0. The van der Waals surface area contributed by atoms with Gasteiger partial charge in [0.25, 0.3) is 0 Å². The molecule has 0 radical (unpaired) electrons. The van der Waals surface area contributed by atoms with Crippen LogP contribution in [-0.4, -0.2) is 80.1 Å². The zero-order valence-electron chi connectivity index (χ0n) is 34.7. The number of hydrogen-bond donors (Lipinski definition) is 6. The third-order valence-electron chi connectivity index (χ3n) is 9.77. The normalized spacial score (nSPS) is 13.3. The summed E-state index contributed by atoms with van der Waals surface area (Å²) in [5.74, 6) is -0.715. The molecule has 0 rings (SSSR count). The maximum atomic E-state index is 12.7. The highest BCUT2D eigenvalue weighted by molar-refractivity contribution is 7.46. The van der Waals surface area contributed by atoms with E-state index in [1.54, 1.807) is 0 Å². The van der Waals surface area contributed by atoms with Gasteiger partial charge in [0.2, 0.25) is 0 Å². The Morgan fingerprint density at radius 1 is 0.500 bits per heavy atom. The Balaban J connectivity index is 0. The molecule has 0 aliphatic rings. The molecule has 3 unspecified atom stereocenters. The number of unbranched alkanes of at least 4 members (excludes halogenated alkanes) is 28. The van der Waals surface area contributed by atoms with Crippen molar-refractivity contribution in [1.82, 2.24) is 0 Å². The van der Waals surface area contributed by atoms with Crippen molar-refractivity contribution in [3.05, 3.63) is 0 Å². The molecule has 0 amide bonds. The zero-order valence-corrected chi connectivity index (χ0v) is 35.5. The van der Waals surface area contributed by atoms with Crippen LogP contribution >= 0.6 is 7.82 Å². The number of rotatable bonds is 40. The highest BCUT2D eigenvalue weighted by Gasteiger charge is 2.29.